The van der Waals surface area contributed by atoms with Gasteiger partial charge in [0.2, 0.25) is 0 Å². The topological polar surface area (TPSA) is 71.4 Å². The van der Waals surface area contributed by atoms with Crippen molar-refractivity contribution in [1.82, 2.24) is 0 Å². The molecule has 5 heteroatoms. The van der Waals surface area contributed by atoms with Crippen molar-refractivity contribution in [2.24, 2.45) is 0 Å². The molecular weight excluding hydrogens is 228 g/mol. The Labute approximate surface area is 93.8 Å². The summed E-state index contributed by atoms with van der Waals surface area (Å²) in [7, 11) is -3.44. The number of benzene rings is 1. The molecule has 0 amide bonds. The molecule has 4 nitrogen and oxygen atoms in total. The predicted molar refractivity (Wildman–Crippen MR) is 58.1 cm³/mol. The van der Waals surface area contributed by atoms with Crippen molar-refractivity contribution in [2.45, 2.75) is 29.9 Å². The standard InChI is InChI=1S/C11H12O4S/c1-7-2-3-10-8(4-7)5-9(6-11(12)13)16(10,14)15/h2-4,9H,5-6H2,1H3,(H,12,13). The van der Waals surface area contributed by atoms with Gasteiger partial charge in [-0.2, -0.15) is 0 Å². The number of hydrogen-bond acceptors (Lipinski definition) is 3. The fraction of sp³-hybridized carbons (Fsp3) is 0.364. The molecule has 0 saturated heterocycles. The average Bonchev–Trinajstić information content (AvgIpc) is 2.37. The number of carboxylic acids is 1. The Morgan fingerprint density at radius 3 is 2.81 bits per heavy atom. The summed E-state index contributed by atoms with van der Waals surface area (Å²) in [4.78, 5) is 10.9. The zero-order chi connectivity index (χ0) is 11.9. The summed E-state index contributed by atoms with van der Waals surface area (Å²) in [5, 5.41) is 7.87. The zero-order valence-electron chi connectivity index (χ0n) is 8.80. The molecule has 1 atom stereocenters. The van der Waals surface area contributed by atoms with E-state index < -0.39 is 21.1 Å². The third kappa shape index (κ3) is 1.71. The smallest absolute Gasteiger partial charge is 0.304 e. The van der Waals surface area contributed by atoms with Gasteiger partial charge in [-0.3, -0.25) is 4.79 Å². The van der Waals surface area contributed by atoms with Crippen LogP contribution in [0.3, 0.4) is 0 Å². The molecular formula is C11H12O4S. The van der Waals surface area contributed by atoms with Gasteiger partial charge in [0.05, 0.1) is 16.6 Å². The van der Waals surface area contributed by atoms with E-state index in [1.165, 1.54) is 0 Å². The van der Waals surface area contributed by atoms with E-state index in [-0.39, 0.29) is 6.42 Å². The van der Waals surface area contributed by atoms with Crippen molar-refractivity contribution in [3.05, 3.63) is 29.3 Å². The number of carboxylic acid groups (broad SMARTS) is 1. The number of hydrogen-bond donors (Lipinski definition) is 1. The Morgan fingerprint density at radius 1 is 1.50 bits per heavy atom. The molecule has 0 spiro atoms. The lowest BCUT2D eigenvalue weighted by Gasteiger charge is -2.04. The Bertz CT molecular complexity index is 545. The normalized spacial score (nSPS) is 21.7. The minimum atomic E-state index is -3.44. The van der Waals surface area contributed by atoms with Gasteiger partial charge in [0.1, 0.15) is 0 Å². The highest BCUT2D eigenvalue weighted by atomic mass is 32.2. The lowest BCUT2D eigenvalue weighted by atomic mass is 10.1. The third-order valence-electron chi connectivity index (χ3n) is 2.81. The SMILES string of the molecule is Cc1ccc2c(c1)CC(CC(=O)O)S2(=O)=O. The van der Waals surface area contributed by atoms with E-state index >= 15 is 0 Å². The molecule has 0 aromatic heterocycles. The van der Waals surface area contributed by atoms with E-state index in [1.54, 1.807) is 12.1 Å². The summed E-state index contributed by atoms with van der Waals surface area (Å²) in [6.45, 7) is 1.89. The maximum absolute atomic E-state index is 12.0. The lowest BCUT2D eigenvalue weighted by molar-refractivity contribution is -0.137. The predicted octanol–water partition coefficient (Wildman–Crippen LogP) is 1.17. The molecule has 1 unspecified atom stereocenters. The highest BCUT2D eigenvalue weighted by Gasteiger charge is 2.37. The Morgan fingerprint density at radius 2 is 2.19 bits per heavy atom. The summed E-state index contributed by atoms with van der Waals surface area (Å²) in [6.07, 6.45) is -0.0122. The van der Waals surface area contributed by atoms with Gasteiger partial charge >= 0.3 is 5.97 Å². The van der Waals surface area contributed by atoms with Crippen LogP contribution < -0.4 is 0 Å². The van der Waals surface area contributed by atoms with Gasteiger partial charge in [0.15, 0.2) is 9.84 Å². The molecule has 16 heavy (non-hydrogen) atoms. The number of carbonyl (C=O) groups is 1. The maximum atomic E-state index is 12.0. The second kappa shape index (κ2) is 3.59. The van der Waals surface area contributed by atoms with Crippen LogP contribution in [-0.2, 0) is 21.1 Å². The van der Waals surface area contributed by atoms with Crippen LogP contribution in [0, 0.1) is 6.92 Å². The van der Waals surface area contributed by atoms with E-state index in [0.29, 0.717) is 11.3 Å². The fourth-order valence-corrected chi connectivity index (χ4v) is 3.94. The number of rotatable bonds is 2. The molecule has 0 aliphatic carbocycles. The molecule has 1 aliphatic heterocycles. The average molecular weight is 240 g/mol. The van der Waals surface area contributed by atoms with Gasteiger partial charge in [0, 0.05) is 0 Å². The monoisotopic (exact) mass is 240 g/mol. The number of sulfone groups is 1. The van der Waals surface area contributed by atoms with Gasteiger partial charge < -0.3 is 5.11 Å². The van der Waals surface area contributed by atoms with Crippen LogP contribution in [0.5, 0.6) is 0 Å². The van der Waals surface area contributed by atoms with Gasteiger partial charge in [-0.1, -0.05) is 17.7 Å². The van der Waals surface area contributed by atoms with Gasteiger partial charge in [-0.05, 0) is 25.0 Å². The number of aryl methyl sites for hydroxylation is 1. The molecule has 0 radical (unpaired) electrons. The summed E-state index contributed by atoms with van der Waals surface area (Å²) in [6, 6.07) is 5.12. The first-order chi connectivity index (χ1) is 7.41. The van der Waals surface area contributed by atoms with Crippen LogP contribution >= 0.6 is 0 Å². The summed E-state index contributed by atoms with van der Waals surface area (Å²) in [5.41, 5.74) is 1.73. The molecule has 1 aromatic carbocycles. The van der Waals surface area contributed by atoms with Crippen molar-refractivity contribution in [2.75, 3.05) is 0 Å². The number of fused-ring (bicyclic) bond motifs is 1. The van der Waals surface area contributed by atoms with Crippen molar-refractivity contribution >= 4 is 15.8 Å². The molecule has 86 valence electrons. The highest BCUT2D eigenvalue weighted by molar-refractivity contribution is 7.92. The van der Waals surface area contributed by atoms with Crippen LogP contribution in [0.15, 0.2) is 23.1 Å². The third-order valence-corrected chi connectivity index (χ3v) is 5.03. The van der Waals surface area contributed by atoms with Crippen LogP contribution in [0.4, 0.5) is 0 Å². The Hall–Kier alpha value is -1.36. The fourth-order valence-electron chi connectivity index (χ4n) is 2.06. The summed E-state index contributed by atoms with van der Waals surface area (Å²) >= 11 is 0. The van der Waals surface area contributed by atoms with Crippen LogP contribution in [0.25, 0.3) is 0 Å². The molecule has 0 fully saturated rings. The van der Waals surface area contributed by atoms with E-state index in [0.717, 1.165) is 11.1 Å². The highest BCUT2D eigenvalue weighted by Crippen LogP contribution is 2.33. The quantitative estimate of drug-likeness (QED) is 0.842. The molecule has 2 rings (SSSR count). The van der Waals surface area contributed by atoms with Crippen LogP contribution in [-0.4, -0.2) is 24.7 Å². The van der Waals surface area contributed by atoms with Crippen molar-refractivity contribution < 1.29 is 18.3 Å². The minimum absolute atomic E-state index is 0.296. The molecule has 1 N–H and O–H groups in total. The van der Waals surface area contributed by atoms with E-state index in [1.807, 2.05) is 13.0 Å². The second-order valence-corrected chi connectivity index (χ2v) is 6.28. The minimum Gasteiger partial charge on any atom is -0.481 e. The van der Waals surface area contributed by atoms with E-state index in [2.05, 4.69) is 0 Å². The first-order valence-corrected chi connectivity index (χ1v) is 6.51. The van der Waals surface area contributed by atoms with E-state index in [9.17, 15) is 13.2 Å². The first-order valence-electron chi connectivity index (χ1n) is 4.96. The summed E-state index contributed by atoms with van der Waals surface area (Å²) in [5.74, 6) is -1.07. The molecule has 0 bridgehead atoms. The molecule has 1 aliphatic rings. The van der Waals surface area contributed by atoms with Crippen molar-refractivity contribution in [3.8, 4) is 0 Å². The first kappa shape index (κ1) is 11.1. The molecule has 1 aromatic rings. The van der Waals surface area contributed by atoms with Gasteiger partial charge in [-0.15, -0.1) is 0 Å². The van der Waals surface area contributed by atoms with Crippen molar-refractivity contribution in [1.29, 1.82) is 0 Å². The second-order valence-electron chi connectivity index (χ2n) is 4.08. The van der Waals surface area contributed by atoms with Gasteiger partial charge in [0.25, 0.3) is 0 Å². The summed E-state index contributed by atoms with van der Waals surface area (Å²) < 4.78 is 23.9. The largest absolute Gasteiger partial charge is 0.481 e. The van der Waals surface area contributed by atoms with E-state index in [4.69, 9.17) is 5.11 Å². The van der Waals surface area contributed by atoms with Crippen molar-refractivity contribution in [3.63, 3.8) is 0 Å². The zero-order valence-corrected chi connectivity index (χ0v) is 9.62. The Kier molecular flexibility index (Phi) is 2.50. The van der Waals surface area contributed by atoms with Gasteiger partial charge in [-0.25, -0.2) is 8.42 Å². The Balaban J connectivity index is 2.45. The van der Waals surface area contributed by atoms with Crippen LogP contribution in [0.2, 0.25) is 0 Å². The molecule has 0 saturated carbocycles. The molecule has 1 heterocycles. The number of aliphatic carboxylic acids is 1. The van der Waals surface area contributed by atoms with Crippen LogP contribution in [0.1, 0.15) is 17.5 Å². The lowest BCUT2D eigenvalue weighted by Crippen LogP contribution is -2.20. The maximum Gasteiger partial charge on any atom is 0.304 e.